The Labute approximate surface area is 162 Å². The molecule has 1 rings (SSSR count). The van der Waals surface area contributed by atoms with Crippen LogP contribution in [0.3, 0.4) is 0 Å². The maximum Gasteiger partial charge on any atom is 0.339 e. The third-order valence-corrected chi connectivity index (χ3v) is 3.12. The van der Waals surface area contributed by atoms with E-state index in [9.17, 15) is 24.0 Å². The van der Waals surface area contributed by atoms with E-state index in [1.165, 1.54) is 39.0 Å². The molecule has 1 aromatic rings. The zero-order chi connectivity index (χ0) is 21.4. The van der Waals surface area contributed by atoms with E-state index in [2.05, 4.69) is 21.3 Å². The van der Waals surface area contributed by atoms with Crippen LogP contribution in [0.4, 0.5) is 16.2 Å². The molecule has 0 aliphatic heterocycles. The molecular formula is C18H24N4O6. The average Bonchev–Trinajstić information content (AvgIpc) is 2.52. The standard InChI is InChI=1S/C18H24N4O6/c1-9(2)19-18(27)22-16(25)10(3)28-17(26)13-6-14(20-11(4)23)8-15(7-13)21-12(5)24/h6-10H,1-5H3,(H,20,23)(H,21,24)(H2,19,22,25,27). The van der Waals surface area contributed by atoms with Crippen LogP contribution in [0.15, 0.2) is 18.2 Å². The summed E-state index contributed by atoms with van der Waals surface area (Å²) in [7, 11) is 0. The number of rotatable bonds is 6. The van der Waals surface area contributed by atoms with Crippen LogP contribution in [-0.2, 0) is 19.1 Å². The Balaban J connectivity index is 2.91. The number of hydrogen-bond acceptors (Lipinski definition) is 6. The summed E-state index contributed by atoms with van der Waals surface area (Å²) in [6.07, 6.45) is -1.25. The van der Waals surface area contributed by atoms with Gasteiger partial charge in [-0.1, -0.05) is 0 Å². The van der Waals surface area contributed by atoms with Gasteiger partial charge < -0.3 is 20.7 Å². The number of benzene rings is 1. The predicted molar refractivity (Wildman–Crippen MR) is 102 cm³/mol. The van der Waals surface area contributed by atoms with Crippen LogP contribution in [0, 0.1) is 0 Å². The number of ether oxygens (including phenoxy) is 1. The first-order valence-corrected chi connectivity index (χ1v) is 8.50. The number of esters is 1. The van der Waals surface area contributed by atoms with Gasteiger partial charge in [-0.2, -0.15) is 0 Å². The minimum absolute atomic E-state index is 0.00119. The van der Waals surface area contributed by atoms with E-state index in [0.717, 1.165) is 0 Å². The number of imide groups is 1. The van der Waals surface area contributed by atoms with Crippen molar-refractivity contribution < 1.29 is 28.7 Å². The van der Waals surface area contributed by atoms with E-state index >= 15 is 0 Å². The molecule has 152 valence electrons. The van der Waals surface area contributed by atoms with Crippen molar-refractivity contribution in [1.29, 1.82) is 0 Å². The summed E-state index contributed by atoms with van der Waals surface area (Å²) in [6.45, 7) is 7.34. The van der Waals surface area contributed by atoms with E-state index in [-0.39, 0.29) is 34.8 Å². The molecule has 4 N–H and O–H groups in total. The van der Waals surface area contributed by atoms with E-state index in [1.807, 2.05) is 0 Å². The van der Waals surface area contributed by atoms with Crippen LogP contribution < -0.4 is 21.3 Å². The molecule has 0 saturated heterocycles. The van der Waals surface area contributed by atoms with Crippen molar-refractivity contribution in [3.8, 4) is 0 Å². The molecule has 0 spiro atoms. The molecule has 0 aliphatic rings. The highest BCUT2D eigenvalue weighted by Crippen LogP contribution is 2.20. The Morgan fingerprint density at radius 2 is 1.36 bits per heavy atom. The first kappa shape index (κ1) is 22.6. The second-order valence-corrected chi connectivity index (χ2v) is 6.33. The lowest BCUT2D eigenvalue weighted by atomic mass is 10.1. The number of carbonyl (C=O) groups is 5. The summed E-state index contributed by atoms with van der Waals surface area (Å²) in [5.74, 6) is -2.41. The zero-order valence-electron chi connectivity index (χ0n) is 16.3. The summed E-state index contributed by atoms with van der Waals surface area (Å²) < 4.78 is 5.07. The molecular weight excluding hydrogens is 368 g/mol. The van der Waals surface area contributed by atoms with Crippen LogP contribution in [0.2, 0.25) is 0 Å². The van der Waals surface area contributed by atoms with Gasteiger partial charge in [0, 0.05) is 31.3 Å². The van der Waals surface area contributed by atoms with E-state index < -0.39 is 24.0 Å². The topological polar surface area (TPSA) is 143 Å². The minimum Gasteiger partial charge on any atom is -0.449 e. The minimum atomic E-state index is -1.25. The summed E-state index contributed by atoms with van der Waals surface area (Å²) in [5.41, 5.74) is 0.527. The first-order valence-electron chi connectivity index (χ1n) is 8.50. The van der Waals surface area contributed by atoms with Crippen LogP contribution in [-0.4, -0.2) is 41.9 Å². The number of hydrogen-bond donors (Lipinski definition) is 4. The van der Waals surface area contributed by atoms with Crippen LogP contribution >= 0.6 is 0 Å². The Bertz CT molecular complexity index is 756. The number of nitrogens with one attached hydrogen (secondary N) is 4. The fraction of sp³-hybridized carbons (Fsp3) is 0.389. The van der Waals surface area contributed by atoms with E-state index in [1.54, 1.807) is 13.8 Å². The predicted octanol–water partition coefficient (Wildman–Crippen LogP) is 1.38. The van der Waals surface area contributed by atoms with Crippen LogP contribution in [0.5, 0.6) is 0 Å². The van der Waals surface area contributed by atoms with Gasteiger partial charge in [0.25, 0.3) is 5.91 Å². The SMILES string of the molecule is CC(=O)Nc1cc(NC(C)=O)cc(C(=O)OC(C)C(=O)NC(=O)NC(C)C)c1. The monoisotopic (exact) mass is 392 g/mol. The van der Waals surface area contributed by atoms with Gasteiger partial charge in [0.2, 0.25) is 11.8 Å². The van der Waals surface area contributed by atoms with Gasteiger partial charge in [0.15, 0.2) is 6.10 Å². The maximum absolute atomic E-state index is 12.4. The molecule has 0 aliphatic carbocycles. The van der Waals surface area contributed by atoms with Crippen molar-refractivity contribution in [2.24, 2.45) is 0 Å². The third-order valence-electron chi connectivity index (χ3n) is 3.12. The van der Waals surface area contributed by atoms with Gasteiger partial charge in [-0.05, 0) is 39.0 Å². The molecule has 5 amide bonds. The average molecular weight is 392 g/mol. The summed E-state index contributed by atoms with van der Waals surface area (Å²) >= 11 is 0. The number of anilines is 2. The Hall–Kier alpha value is -3.43. The smallest absolute Gasteiger partial charge is 0.339 e. The molecule has 1 unspecified atom stereocenters. The molecule has 0 aromatic heterocycles. The number of amides is 5. The summed E-state index contributed by atoms with van der Waals surface area (Å²) in [5, 5.41) is 9.54. The molecule has 0 saturated carbocycles. The molecule has 0 radical (unpaired) electrons. The van der Waals surface area contributed by atoms with Gasteiger partial charge in [-0.15, -0.1) is 0 Å². The molecule has 0 heterocycles. The largest absolute Gasteiger partial charge is 0.449 e. The fourth-order valence-corrected chi connectivity index (χ4v) is 2.09. The molecule has 1 atom stereocenters. The second kappa shape index (κ2) is 10.0. The first-order chi connectivity index (χ1) is 13.0. The fourth-order valence-electron chi connectivity index (χ4n) is 2.09. The lowest BCUT2D eigenvalue weighted by Gasteiger charge is -2.15. The Kier molecular flexibility index (Phi) is 8.11. The molecule has 0 bridgehead atoms. The normalized spacial score (nSPS) is 11.2. The lowest BCUT2D eigenvalue weighted by molar-refractivity contribution is -0.128. The van der Waals surface area contributed by atoms with Crippen molar-refractivity contribution in [1.82, 2.24) is 10.6 Å². The van der Waals surface area contributed by atoms with E-state index in [4.69, 9.17) is 4.74 Å². The lowest BCUT2D eigenvalue weighted by Crippen LogP contribution is -2.46. The number of urea groups is 1. The highest BCUT2D eigenvalue weighted by atomic mass is 16.5. The van der Waals surface area contributed by atoms with Gasteiger partial charge in [0.1, 0.15) is 0 Å². The quantitative estimate of drug-likeness (QED) is 0.539. The number of carbonyl (C=O) groups excluding carboxylic acids is 5. The Morgan fingerprint density at radius 1 is 0.857 bits per heavy atom. The van der Waals surface area contributed by atoms with Crippen molar-refractivity contribution >= 4 is 41.1 Å². The second-order valence-electron chi connectivity index (χ2n) is 6.33. The van der Waals surface area contributed by atoms with Gasteiger partial charge >= 0.3 is 12.0 Å². The Morgan fingerprint density at radius 3 is 1.79 bits per heavy atom. The van der Waals surface area contributed by atoms with Crippen molar-refractivity contribution in [2.45, 2.75) is 46.8 Å². The zero-order valence-corrected chi connectivity index (χ0v) is 16.3. The van der Waals surface area contributed by atoms with Crippen molar-refractivity contribution in [2.75, 3.05) is 10.6 Å². The molecule has 10 nitrogen and oxygen atoms in total. The van der Waals surface area contributed by atoms with Gasteiger partial charge in [0.05, 0.1) is 5.56 Å². The highest BCUT2D eigenvalue weighted by Gasteiger charge is 2.22. The summed E-state index contributed by atoms with van der Waals surface area (Å²) in [6, 6.07) is 3.26. The molecule has 28 heavy (non-hydrogen) atoms. The van der Waals surface area contributed by atoms with Crippen molar-refractivity contribution in [3.63, 3.8) is 0 Å². The summed E-state index contributed by atoms with van der Waals surface area (Å²) in [4.78, 5) is 58.4. The maximum atomic E-state index is 12.4. The van der Waals surface area contributed by atoms with Crippen molar-refractivity contribution in [3.05, 3.63) is 23.8 Å². The van der Waals surface area contributed by atoms with E-state index in [0.29, 0.717) is 0 Å². The molecule has 1 aromatic carbocycles. The van der Waals surface area contributed by atoms with Crippen LogP contribution in [0.25, 0.3) is 0 Å². The third kappa shape index (κ3) is 7.85. The van der Waals surface area contributed by atoms with Gasteiger partial charge in [-0.3, -0.25) is 19.7 Å². The van der Waals surface area contributed by atoms with Crippen LogP contribution in [0.1, 0.15) is 45.0 Å². The molecule has 10 heteroatoms. The van der Waals surface area contributed by atoms with Gasteiger partial charge in [-0.25, -0.2) is 9.59 Å². The molecule has 0 fully saturated rings. The highest BCUT2D eigenvalue weighted by molar-refractivity contribution is 6.00.